The summed E-state index contributed by atoms with van der Waals surface area (Å²) < 4.78 is 62.5. The molecule has 266 valence electrons. The average molecular weight is 687 g/mol. The predicted molar refractivity (Wildman–Crippen MR) is 175 cm³/mol. The SMILES string of the molecule is COCCn1cc(-c2ncc(C(=O)NC3(C(=O)O)C(C)CC4CC(C)CC3C4)c(C(F)(F)F)n2)c2ccc(OCCC3CCOCC3)cc21. The van der Waals surface area contributed by atoms with Gasteiger partial charge in [-0.3, -0.25) is 4.79 Å². The van der Waals surface area contributed by atoms with Crippen LogP contribution in [0.25, 0.3) is 22.3 Å². The van der Waals surface area contributed by atoms with Gasteiger partial charge in [-0.15, -0.1) is 0 Å². The van der Waals surface area contributed by atoms with Gasteiger partial charge in [0.1, 0.15) is 11.3 Å². The Morgan fingerprint density at radius 1 is 1.12 bits per heavy atom. The highest BCUT2D eigenvalue weighted by atomic mass is 19.4. The molecular weight excluding hydrogens is 641 g/mol. The standard InChI is InChI=1S/C36H45F3N4O6/c1-21-14-24-16-22(2)35(34(45)46,25(15-21)17-24)42-33(44)28-19-40-32(41-31(28)36(37,38)39)29-20-43(9-13-47-3)30-18-26(4-5-27(29)30)49-12-8-23-6-10-48-11-7-23/h4-5,18-25H,6-17H2,1-3H3,(H,42,44)(H,45,46). The molecule has 2 bridgehead atoms. The van der Waals surface area contributed by atoms with E-state index in [2.05, 4.69) is 15.3 Å². The summed E-state index contributed by atoms with van der Waals surface area (Å²) in [5.41, 5.74) is -2.85. The smallest absolute Gasteiger partial charge is 0.434 e. The first-order valence-corrected chi connectivity index (χ1v) is 17.2. The number of hydrogen-bond acceptors (Lipinski definition) is 7. The number of halogens is 3. The molecule has 3 aliphatic rings. The molecule has 6 rings (SSSR count). The topological polar surface area (TPSA) is 125 Å². The molecule has 5 atom stereocenters. The number of alkyl halides is 3. The van der Waals surface area contributed by atoms with E-state index in [1.807, 2.05) is 17.6 Å². The number of amides is 1. The minimum absolute atomic E-state index is 0.207. The summed E-state index contributed by atoms with van der Waals surface area (Å²) in [6.45, 7) is 6.64. The lowest BCUT2D eigenvalue weighted by Gasteiger charge is -2.52. The Balaban J connectivity index is 1.31. The molecule has 2 aliphatic carbocycles. The molecule has 0 spiro atoms. The number of nitrogens with one attached hydrogen (secondary N) is 1. The lowest BCUT2D eigenvalue weighted by molar-refractivity contribution is -0.155. The molecule has 1 amide bonds. The third-order valence-electron chi connectivity index (χ3n) is 10.9. The van der Waals surface area contributed by atoms with Gasteiger partial charge in [-0.05, 0) is 86.7 Å². The summed E-state index contributed by atoms with van der Waals surface area (Å²) in [6.07, 6.45) is 3.18. The molecule has 10 nitrogen and oxygen atoms in total. The van der Waals surface area contributed by atoms with Crippen LogP contribution in [0.3, 0.4) is 0 Å². The van der Waals surface area contributed by atoms with Crippen molar-refractivity contribution in [2.24, 2.45) is 29.6 Å². The van der Waals surface area contributed by atoms with Crippen molar-refractivity contribution in [3.05, 3.63) is 41.9 Å². The summed E-state index contributed by atoms with van der Waals surface area (Å²) in [6, 6.07) is 5.39. The zero-order valence-electron chi connectivity index (χ0n) is 28.2. The van der Waals surface area contributed by atoms with Crippen LogP contribution in [0, 0.1) is 29.6 Å². The van der Waals surface area contributed by atoms with E-state index in [4.69, 9.17) is 14.2 Å². The Kier molecular flexibility index (Phi) is 10.2. The van der Waals surface area contributed by atoms with E-state index in [1.54, 1.807) is 32.4 Å². The van der Waals surface area contributed by atoms with Crippen LogP contribution in [0.1, 0.15) is 74.8 Å². The van der Waals surface area contributed by atoms with Crippen LogP contribution in [0.4, 0.5) is 13.2 Å². The minimum Gasteiger partial charge on any atom is -0.494 e. The van der Waals surface area contributed by atoms with Gasteiger partial charge in [0.25, 0.3) is 5.91 Å². The van der Waals surface area contributed by atoms with E-state index in [9.17, 15) is 27.9 Å². The number of carboxylic acid groups (broad SMARTS) is 1. The first-order valence-electron chi connectivity index (χ1n) is 17.2. The van der Waals surface area contributed by atoms with E-state index in [0.717, 1.165) is 45.1 Å². The summed E-state index contributed by atoms with van der Waals surface area (Å²) in [4.78, 5) is 34.7. The maximum Gasteiger partial charge on any atom is 0.434 e. The summed E-state index contributed by atoms with van der Waals surface area (Å²) >= 11 is 0. The molecule has 0 radical (unpaired) electrons. The van der Waals surface area contributed by atoms with E-state index < -0.39 is 46.7 Å². The second-order valence-electron chi connectivity index (χ2n) is 14.2. The van der Waals surface area contributed by atoms with Crippen LogP contribution in [0.15, 0.2) is 30.6 Å². The maximum atomic E-state index is 14.6. The van der Waals surface area contributed by atoms with Gasteiger partial charge in [0.15, 0.2) is 11.5 Å². The van der Waals surface area contributed by atoms with Gasteiger partial charge in [0, 0.05) is 56.3 Å². The third kappa shape index (κ3) is 7.15. The van der Waals surface area contributed by atoms with Gasteiger partial charge in [-0.1, -0.05) is 13.8 Å². The van der Waals surface area contributed by atoms with Gasteiger partial charge in [0.05, 0.1) is 24.3 Å². The van der Waals surface area contributed by atoms with Crippen molar-refractivity contribution >= 4 is 22.8 Å². The Labute approximate surface area is 283 Å². The van der Waals surface area contributed by atoms with Crippen LogP contribution in [0.5, 0.6) is 5.75 Å². The number of carbonyl (C=O) groups is 2. The summed E-state index contributed by atoms with van der Waals surface area (Å²) in [7, 11) is 1.57. The average Bonchev–Trinajstić information content (AvgIpc) is 3.42. The maximum absolute atomic E-state index is 14.6. The molecule has 1 saturated heterocycles. The first-order chi connectivity index (χ1) is 23.4. The van der Waals surface area contributed by atoms with Gasteiger partial charge < -0.3 is 29.2 Å². The molecule has 13 heteroatoms. The lowest BCUT2D eigenvalue weighted by Crippen LogP contribution is -2.66. The van der Waals surface area contributed by atoms with Crippen LogP contribution < -0.4 is 10.1 Å². The molecule has 2 aromatic heterocycles. The van der Waals surface area contributed by atoms with E-state index >= 15 is 0 Å². The van der Waals surface area contributed by atoms with E-state index in [-0.39, 0.29) is 11.7 Å². The number of ether oxygens (including phenoxy) is 3. The van der Waals surface area contributed by atoms with Crippen LogP contribution in [-0.4, -0.2) is 70.6 Å². The highest BCUT2D eigenvalue weighted by Gasteiger charge is 2.57. The van der Waals surface area contributed by atoms with Crippen molar-refractivity contribution in [3.8, 4) is 17.1 Å². The monoisotopic (exact) mass is 686 g/mol. The van der Waals surface area contributed by atoms with Crippen molar-refractivity contribution in [1.29, 1.82) is 0 Å². The van der Waals surface area contributed by atoms with Crippen molar-refractivity contribution < 1.29 is 42.1 Å². The number of methoxy groups -OCH3 is 1. The van der Waals surface area contributed by atoms with Crippen LogP contribution in [-0.2, 0) is 27.0 Å². The second-order valence-corrected chi connectivity index (χ2v) is 14.2. The molecular formula is C36H45F3N4O6. The molecule has 3 heterocycles. The van der Waals surface area contributed by atoms with E-state index in [1.165, 1.54) is 0 Å². The number of aliphatic carboxylic acids is 1. The normalized spacial score (nSPS) is 26.1. The molecule has 5 unspecified atom stereocenters. The van der Waals surface area contributed by atoms with Crippen molar-refractivity contribution in [2.45, 2.75) is 77.1 Å². The van der Waals surface area contributed by atoms with Gasteiger partial charge in [-0.25, -0.2) is 14.8 Å². The second kappa shape index (κ2) is 14.3. The number of hydrogen-bond donors (Lipinski definition) is 2. The first kappa shape index (κ1) is 35.1. The van der Waals surface area contributed by atoms with Crippen molar-refractivity contribution in [1.82, 2.24) is 19.9 Å². The number of carbonyl (C=O) groups excluding carboxylic acids is 1. The molecule has 1 aliphatic heterocycles. The predicted octanol–water partition coefficient (Wildman–Crippen LogP) is 6.60. The quantitative estimate of drug-likeness (QED) is 0.231. The number of fused-ring (bicyclic) bond motifs is 3. The summed E-state index contributed by atoms with van der Waals surface area (Å²) in [5.74, 6) is -1.68. The highest BCUT2D eigenvalue weighted by molar-refractivity contribution is 6.00. The Hall–Kier alpha value is -3.71. The van der Waals surface area contributed by atoms with Crippen molar-refractivity contribution in [2.75, 3.05) is 33.5 Å². The largest absolute Gasteiger partial charge is 0.494 e. The fourth-order valence-corrected chi connectivity index (χ4v) is 8.50. The lowest BCUT2D eigenvalue weighted by atomic mass is 9.56. The van der Waals surface area contributed by atoms with Gasteiger partial charge in [-0.2, -0.15) is 13.2 Å². The zero-order valence-corrected chi connectivity index (χ0v) is 28.2. The molecule has 3 fully saturated rings. The Morgan fingerprint density at radius 2 is 1.90 bits per heavy atom. The fraction of sp³-hybridized carbons (Fsp3) is 0.611. The Bertz CT molecular complexity index is 1670. The third-order valence-corrected chi connectivity index (χ3v) is 10.9. The zero-order chi connectivity index (χ0) is 34.9. The number of aromatic nitrogens is 3. The highest BCUT2D eigenvalue weighted by Crippen LogP contribution is 2.50. The molecule has 3 aromatic rings. The molecule has 2 N–H and O–H groups in total. The number of rotatable bonds is 11. The summed E-state index contributed by atoms with van der Waals surface area (Å²) in [5, 5.41) is 13.7. The minimum atomic E-state index is -5.01. The number of carboxylic acids is 1. The van der Waals surface area contributed by atoms with Crippen LogP contribution in [0.2, 0.25) is 0 Å². The number of benzene rings is 1. The number of nitrogens with zero attached hydrogens (tertiary/aromatic N) is 3. The van der Waals surface area contributed by atoms with Gasteiger partial charge in [0.2, 0.25) is 0 Å². The van der Waals surface area contributed by atoms with E-state index in [0.29, 0.717) is 73.1 Å². The van der Waals surface area contributed by atoms with Crippen LogP contribution >= 0.6 is 0 Å². The van der Waals surface area contributed by atoms with Crippen molar-refractivity contribution in [3.63, 3.8) is 0 Å². The molecule has 2 saturated carbocycles. The molecule has 1 aromatic carbocycles. The molecule has 49 heavy (non-hydrogen) atoms. The van der Waals surface area contributed by atoms with Gasteiger partial charge >= 0.3 is 12.1 Å². The fourth-order valence-electron chi connectivity index (χ4n) is 8.50. The Morgan fingerprint density at radius 3 is 2.61 bits per heavy atom.